The van der Waals surface area contributed by atoms with Crippen molar-refractivity contribution < 1.29 is 14.3 Å². The van der Waals surface area contributed by atoms with E-state index in [1.165, 1.54) is 0 Å². The van der Waals surface area contributed by atoms with Crippen LogP contribution in [0, 0.1) is 0 Å². The Kier molecular flexibility index (Phi) is 6.14. The number of benzene rings is 2. The van der Waals surface area contributed by atoms with Crippen LogP contribution < -0.4 is 9.64 Å². The van der Waals surface area contributed by atoms with E-state index in [-0.39, 0.29) is 18.0 Å². The van der Waals surface area contributed by atoms with E-state index in [1.54, 1.807) is 18.4 Å². The largest absolute Gasteiger partial charge is 0.497 e. The molecular formula is C26H27NO3S. The van der Waals surface area contributed by atoms with E-state index in [1.807, 2.05) is 39.0 Å². The number of allylic oxidation sites excluding steroid dienone is 1. The van der Waals surface area contributed by atoms with Crippen LogP contribution in [0.5, 0.6) is 5.75 Å². The number of thiophene rings is 1. The smallest absolute Gasteiger partial charge is 0.337 e. The van der Waals surface area contributed by atoms with E-state index in [0.717, 1.165) is 33.8 Å². The summed E-state index contributed by atoms with van der Waals surface area (Å²) in [4.78, 5) is 15.5. The van der Waals surface area contributed by atoms with Gasteiger partial charge in [0.1, 0.15) is 5.75 Å². The zero-order chi connectivity index (χ0) is 22.0. The van der Waals surface area contributed by atoms with Crippen molar-refractivity contribution in [2.75, 3.05) is 12.0 Å². The summed E-state index contributed by atoms with van der Waals surface area (Å²) >= 11 is 1.64. The van der Waals surface area contributed by atoms with Gasteiger partial charge in [-0.1, -0.05) is 30.3 Å². The van der Waals surface area contributed by atoms with Crippen LogP contribution in [0.4, 0.5) is 5.69 Å². The maximum Gasteiger partial charge on any atom is 0.337 e. The average Bonchev–Trinajstić information content (AvgIpc) is 3.29. The standard InChI is InChI=1S/C26H27NO3S/c1-17(2)30-26(28)24-18(3)27(15-19-9-11-21(29-4)12-10-19)23-8-6-5-7-22(23)25(24)20-13-14-31-16-20/h5-14,16-17,25H,15H2,1-4H3/t25-/m1/s1. The van der Waals surface area contributed by atoms with Crippen LogP contribution in [0.3, 0.4) is 0 Å². The molecular weight excluding hydrogens is 406 g/mol. The van der Waals surface area contributed by atoms with Crippen LogP contribution in [0.2, 0.25) is 0 Å². The first-order chi connectivity index (χ1) is 15.0. The molecule has 1 aliphatic heterocycles. The number of fused-ring (bicyclic) bond motifs is 1. The number of ether oxygens (including phenoxy) is 2. The maximum absolute atomic E-state index is 13.3. The maximum atomic E-state index is 13.3. The van der Waals surface area contributed by atoms with Gasteiger partial charge in [0, 0.05) is 23.8 Å². The summed E-state index contributed by atoms with van der Waals surface area (Å²) in [6.45, 7) is 6.45. The summed E-state index contributed by atoms with van der Waals surface area (Å²) in [6.07, 6.45) is -0.178. The monoisotopic (exact) mass is 433 g/mol. The van der Waals surface area contributed by atoms with Gasteiger partial charge in [-0.15, -0.1) is 0 Å². The SMILES string of the molecule is COc1ccc(CN2C(C)=C(C(=O)OC(C)C)[C@H](c3ccsc3)c3ccccc32)cc1. The fourth-order valence-corrected chi connectivity index (χ4v) is 4.80. The summed E-state index contributed by atoms with van der Waals surface area (Å²) in [5, 5.41) is 4.18. The molecule has 0 bridgehead atoms. The second kappa shape index (κ2) is 8.98. The molecule has 0 fully saturated rings. The molecule has 4 rings (SSSR count). The predicted molar refractivity (Wildman–Crippen MR) is 126 cm³/mol. The predicted octanol–water partition coefficient (Wildman–Crippen LogP) is 6.13. The fourth-order valence-electron chi connectivity index (χ4n) is 4.11. The van der Waals surface area contributed by atoms with Gasteiger partial charge in [-0.3, -0.25) is 0 Å². The zero-order valence-corrected chi connectivity index (χ0v) is 19.1. The van der Waals surface area contributed by atoms with Crippen LogP contribution in [-0.2, 0) is 16.1 Å². The minimum atomic E-state index is -0.252. The lowest BCUT2D eigenvalue weighted by atomic mass is 9.81. The van der Waals surface area contributed by atoms with Crippen molar-refractivity contribution in [2.24, 2.45) is 0 Å². The van der Waals surface area contributed by atoms with Crippen molar-refractivity contribution in [3.05, 3.63) is 93.3 Å². The topological polar surface area (TPSA) is 38.8 Å². The molecule has 1 aliphatic rings. The Morgan fingerprint density at radius 2 is 1.84 bits per heavy atom. The number of carbonyl (C=O) groups excluding carboxylic acids is 1. The molecule has 0 aliphatic carbocycles. The Labute approximate surface area is 187 Å². The molecule has 3 aromatic rings. The van der Waals surface area contributed by atoms with E-state index in [2.05, 4.69) is 52.1 Å². The summed E-state index contributed by atoms with van der Waals surface area (Å²) in [5.41, 5.74) is 6.14. The lowest BCUT2D eigenvalue weighted by Gasteiger charge is -2.38. The Balaban J connectivity index is 1.83. The first kappa shape index (κ1) is 21.2. The highest BCUT2D eigenvalue weighted by Gasteiger charge is 2.36. The van der Waals surface area contributed by atoms with E-state index in [4.69, 9.17) is 9.47 Å². The van der Waals surface area contributed by atoms with Gasteiger partial charge < -0.3 is 14.4 Å². The molecule has 0 spiro atoms. The second-order valence-corrected chi connectivity index (χ2v) is 8.72. The molecule has 160 valence electrons. The Hall–Kier alpha value is -3.05. The summed E-state index contributed by atoms with van der Waals surface area (Å²) < 4.78 is 11.0. The first-order valence-corrected chi connectivity index (χ1v) is 11.4. The molecule has 0 saturated heterocycles. The summed E-state index contributed by atoms with van der Waals surface area (Å²) in [7, 11) is 1.67. The van der Waals surface area contributed by atoms with Crippen LogP contribution in [0.25, 0.3) is 0 Å². The minimum absolute atomic E-state index is 0.138. The summed E-state index contributed by atoms with van der Waals surface area (Å²) in [6, 6.07) is 18.5. The highest BCUT2D eigenvalue weighted by atomic mass is 32.1. The number of hydrogen-bond acceptors (Lipinski definition) is 5. The van der Waals surface area contributed by atoms with Gasteiger partial charge in [0.2, 0.25) is 0 Å². The minimum Gasteiger partial charge on any atom is -0.497 e. The molecule has 1 aromatic heterocycles. The lowest BCUT2D eigenvalue weighted by molar-refractivity contribution is -0.143. The van der Waals surface area contributed by atoms with Crippen molar-refractivity contribution >= 4 is 23.0 Å². The molecule has 0 amide bonds. The first-order valence-electron chi connectivity index (χ1n) is 10.4. The average molecular weight is 434 g/mol. The van der Waals surface area contributed by atoms with Gasteiger partial charge >= 0.3 is 5.97 Å². The Bertz CT molecular complexity index is 1080. The third-order valence-electron chi connectivity index (χ3n) is 5.56. The highest BCUT2D eigenvalue weighted by Crippen LogP contribution is 2.46. The van der Waals surface area contributed by atoms with E-state index in [9.17, 15) is 4.79 Å². The number of hydrogen-bond donors (Lipinski definition) is 0. The molecule has 31 heavy (non-hydrogen) atoms. The van der Waals surface area contributed by atoms with E-state index < -0.39 is 0 Å². The Morgan fingerprint density at radius 3 is 2.48 bits per heavy atom. The van der Waals surface area contributed by atoms with Gasteiger partial charge in [-0.25, -0.2) is 4.79 Å². The zero-order valence-electron chi connectivity index (χ0n) is 18.3. The number of anilines is 1. The molecule has 2 heterocycles. The van der Waals surface area contributed by atoms with Gasteiger partial charge in [0.15, 0.2) is 0 Å². The molecule has 0 saturated carbocycles. The van der Waals surface area contributed by atoms with Crippen LogP contribution in [0.15, 0.2) is 76.6 Å². The second-order valence-electron chi connectivity index (χ2n) is 7.94. The third kappa shape index (κ3) is 4.23. The van der Waals surface area contributed by atoms with Crippen LogP contribution in [0.1, 0.15) is 43.4 Å². The third-order valence-corrected chi connectivity index (χ3v) is 6.26. The van der Waals surface area contributed by atoms with E-state index >= 15 is 0 Å². The summed E-state index contributed by atoms with van der Waals surface area (Å²) in [5.74, 6) is 0.438. The number of esters is 1. The number of carbonyl (C=O) groups is 1. The molecule has 1 atom stereocenters. The van der Waals surface area contributed by atoms with Crippen molar-refractivity contribution in [2.45, 2.75) is 39.3 Å². The van der Waals surface area contributed by atoms with Crippen molar-refractivity contribution in [1.29, 1.82) is 0 Å². The normalized spacial score (nSPS) is 15.8. The van der Waals surface area contributed by atoms with Crippen LogP contribution >= 0.6 is 11.3 Å². The van der Waals surface area contributed by atoms with E-state index in [0.29, 0.717) is 12.1 Å². The van der Waals surface area contributed by atoms with Gasteiger partial charge in [0.05, 0.1) is 18.8 Å². The molecule has 2 aromatic carbocycles. The van der Waals surface area contributed by atoms with Crippen molar-refractivity contribution in [3.63, 3.8) is 0 Å². The Morgan fingerprint density at radius 1 is 1.10 bits per heavy atom. The van der Waals surface area contributed by atoms with Crippen molar-refractivity contribution in [3.8, 4) is 5.75 Å². The molecule has 0 N–H and O–H groups in total. The molecule has 5 heteroatoms. The molecule has 4 nitrogen and oxygen atoms in total. The number of para-hydroxylation sites is 1. The number of rotatable bonds is 6. The van der Waals surface area contributed by atoms with Gasteiger partial charge in [-0.2, -0.15) is 11.3 Å². The van der Waals surface area contributed by atoms with Gasteiger partial charge in [-0.05, 0) is 72.5 Å². The number of methoxy groups -OCH3 is 1. The van der Waals surface area contributed by atoms with Crippen LogP contribution in [-0.4, -0.2) is 19.2 Å². The molecule has 0 unspecified atom stereocenters. The quantitative estimate of drug-likeness (QED) is 0.438. The molecule has 0 radical (unpaired) electrons. The fraction of sp³-hybridized carbons (Fsp3) is 0.269. The lowest BCUT2D eigenvalue weighted by Crippen LogP contribution is -2.33. The van der Waals surface area contributed by atoms with Crippen molar-refractivity contribution in [1.82, 2.24) is 0 Å². The van der Waals surface area contributed by atoms with Gasteiger partial charge in [0.25, 0.3) is 0 Å². The number of nitrogens with zero attached hydrogens (tertiary/aromatic N) is 1. The highest BCUT2D eigenvalue weighted by molar-refractivity contribution is 7.08.